The third-order valence-corrected chi connectivity index (χ3v) is 10.0. The van der Waals surface area contributed by atoms with E-state index in [1.165, 1.54) is 16.5 Å². The van der Waals surface area contributed by atoms with Crippen LogP contribution in [0, 0.1) is 5.92 Å². The normalized spacial score (nSPS) is 14.9. The molecule has 1 aliphatic heterocycles. The minimum absolute atomic E-state index is 0.0793. The van der Waals surface area contributed by atoms with Gasteiger partial charge in [0.1, 0.15) is 5.65 Å². The van der Waals surface area contributed by atoms with Crippen LogP contribution in [0.1, 0.15) is 48.2 Å². The molecule has 0 radical (unpaired) electrons. The number of aliphatic hydroxyl groups is 1. The molecule has 0 aliphatic carbocycles. The number of likely N-dealkylation sites (tertiary alicyclic amines) is 1. The zero-order valence-electron chi connectivity index (χ0n) is 30.9. The fourth-order valence-electron chi connectivity index (χ4n) is 6.74. The molecule has 3 aromatic heterocycles. The summed E-state index contributed by atoms with van der Waals surface area (Å²) in [6.07, 6.45) is 8.83. The number of hydrogen-bond acceptors (Lipinski definition) is 9. The van der Waals surface area contributed by atoms with Crippen molar-refractivity contribution in [3.8, 4) is 0 Å². The second-order valence-corrected chi connectivity index (χ2v) is 14.6. The fourth-order valence-corrected chi connectivity index (χ4v) is 6.94. The number of halogens is 1. The summed E-state index contributed by atoms with van der Waals surface area (Å²) in [5, 5.41) is 19.4. The van der Waals surface area contributed by atoms with Crippen LogP contribution >= 0.6 is 11.6 Å². The van der Waals surface area contributed by atoms with Gasteiger partial charge in [0.05, 0.1) is 40.1 Å². The lowest BCUT2D eigenvalue weighted by Crippen LogP contribution is -2.49. The van der Waals surface area contributed by atoms with Gasteiger partial charge in [-0.25, -0.2) is 9.97 Å². The zero-order chi connectivity index (χ0) is 37.8. The molecule has 2 aromatic carbocycles. The van der Waals surface area contributed by atoms with Crippen LogP contribution < -0.4 is 16.2 Å². The molecule has 4 N–H and O–H groups in total. The molecule has 6 rings (SSSR count). The fraction of sp³-hybridized carbons (Fsp3) is 0.425. The monoisotopic (exact) mass is 742 g/mol. The van der Waals surface area contributed by atoms with Gasteiger partial charge in [-0.1, -0.05) is 41.9 Å². The van der Waals surface area contributed by atoms with E-state index in [9.17, 15) is 19.5 Å². The number of aromatic amines is 1. The Morgan fingerprint density at radius 1 is 1.09 bits per heavy atom. The highest BCUT2D eigenvalue weighted by atomic mass is 35.5. The highest BCUT2D eigenvalue weighted by Gasteiger charge is 2.34. The van der Waals surface area contributed by atoms with Crippen molar-refractivity contribution < 1.29 is 14.7 Å². The molecule has 5 aromatic rings. The number of carbonyl (C=O) groups excluding carboxylic acids is 2. The number of hydrogen-bond donors (Lipinski definition) is 4. The molecule has 1 atom stereocenters. The number of nitrogens with zero attached hydrogens (tertiary/aromatic N) is 5. The molecule has 282 valence electrons. The number of pyridine rings is 1. The van der Waals surface area contributed by atoms with Gasteiger partial charge >= 0.3 is 0 Å². The second kappa shape index (κ2) is 19.0. The van der Waals surface area contributed by atoms with E-state index in [0.29, 0.717) is 64.7 Å². The number of amides is 1. The standard InChI is InChI=1S/C32H46N6O3.C8H5ClN2O/c1-33-16-7-10-26(20-25-8-5-4-6-9-25)22-37-18-14-32(41,15-19-37)23-38-24-34-29-21-27(11-12-28(29)31(38)40)35-30(39)13-17-36(2)3;9-7-1-2-10-8-6(7)3-5(4-12)11-8/h4-6,8-9,11-12,21,24,26,33,41H,7,10,13-20,22-23H2,1-3H3,(H,35,39);1-4H,(H,10,11). The number of aldehydes is 1. The van der Waals surface area contributed by atoms with E-state index in [0.717, 1.165) is 57.1 Å². The number of nitrogens with one attached hydrogen (secondary N) is 3. The number of fused-ring (bicyclic) bond motifs is 2. The van der Waals surface area contributed by atoms with Gasteiger partial charge in [-0.3, -0.25) is 19.0 Å². The van der Waals surface area contributed by atoms with Gasteiger partial charge < -0.3 is 30.5 Å². The topological polar surface area (TPSA) is 148 Å². The average Bonchev–Trinajstić information content (AvgIpc) is 3.59. The third kappa shape index (κ3) is 11.5. The van der Waals surface area contributed by atoms with Crippen molar-refractivity contribution in [2.45, 2.75) is 50.7 Å². The third-order valence-electron chi connectivity index (χ3n) is 9.70. The number of H-pyrrole nitrogens is 1. The molecule has 53 heavy (non-hydrogen) atoms. The van der Waals surface area contributed by atoms with Crippen molar-refractivity contribution in [3.63, 3.8) is 0 Å². The molecule has 13 heteroatoms. The molecule has 0 spiro atoms. The molecule has 1 amide bonds. The SMILES string of the molecule is CNCCCC(Cc1ccccc1)CN1CCC(O)(Cn2cnc3cc(NC(=O)CCN(C)C)ccc3c2=O)CC1.O=Cc1cc2c(Cl)ccnc2[nH]1. The van der Waals surface area contributed by atoms with Crippen LogP contribution in [0.4, 0.5) is 5.69 Å². The predicted octanol–water partition coefficient (Wildman–Crippen LogP) is 5.00. The van der Waals surface area contributed by atoms with Gasteiger partial charge in [0.25, 0.3) is 5.56 Å². The van der Waals surface area contributed by atoms with Crippen LogP contribution in [0.5, 0.6) is 0 Å². The Labute approximate surface area is 315 Å². The zero-order valence-corrected chi connectivity index (χ0v) is 31.6. The van der Waals surface area contributed by atoms with Crippen LogP contribution in [0.3, 0.4) is 0 Å². The predicted molar refractivity (Wildman–Crippen MR) is 212 cm³/mol. The average molecular weight is 743 g/mol. The highest BCUT2D eigenvalue weighted by Crippen LogP contribution is 2.26. The molecule has 1 unspecified atom stereocenters. The van der Waals surface area contributed by atoms with Crippen LogP contribution in [0.25, 0.3) is 21.9 Å². The van der Waals surface area contributed by atoms with Gasteiger partial charge in [0.15, 0.2) is 6.29 Å². The van der Waals surface area contributed by atoms with Crippen molar-refractivity contribution in [2.24, 2.45) is 5.92 Å². The molecule has 1 saturated heterocycles. The van der Waals surface area contributed by atoms with E-state index in [2.05, 4.69) is 60.8 Å². The summed E-state index contributed by atoms with van der Waals surface area (Å²) < 4.78 is 1.53. The summed E-state index contributed by atoms with van der Waals surface area (Å²) in [5.74, 6) is 0.483. The number of aromatic nitrogens is 4. The number of anilines is 1. The van der Waals surface area contributed by atoms with Crippen molar-refractivity contribution >= 4 is 51.4 Å². The Hall–Kier alpha value is -4.46. The molecule has 4 heterocycles. The number of piperidine rings is 1. The Kier molecular flexibility index (Phi) is 14.3. The molecule has 12 nitrogen and oxygen atoms in total. The van der Waals surface area contributed by atoms with Crippen LogP contribution in [-0.4, -0.2) is 106 Å². The van der Waals surface area contributed by atoms with E-state index in [1.807, 2.05) is 26.0 Å². The smallest absolute Gasteiger partial charge is 0.261 e. The largest absolute Gasteiger partial charge is 0.388 e. The first-order valence-electron chi connectivity index (χ1n) is 18.2. The second-order valence-electron chi connectivity index (χ2n) is 14.2. The summed E-state index contributed by atoms with van der Waals surface area (Å²) in [7, 11) is 5.85. The van der Waals surface area contributed by atoms with E-state index in [-0.39, 0.29) is 18.0 Å². The van der Waals surface area contributed by atoms with Crippen molar-refractivity contribution in [1.29, 1.82) is 0 Å². The maximum Gasteiger partial charge on any atom is 0.261 e. The van der Waals surface area contributed by atoms with Gasteiger partial charge in [0, 0.05) is 49.9 Å². The van der Waals surface area contributed by atoms with Crippen molar-refractivity contribution in [3.05, 3.63) is 99.8 Å². The number of rotatable bonds is 15. The summed E-state index contributed by atoms with van der Waals surface area (Å²) in [5.41, 5.74) is 2.53. The first kappa shape index (κ1) is 39.7. The maximum atomic E-state index is 13.3. The Morgan fingerprint density at radius 2 is 1.87 bits per heavy atom. The summed E-state index contributed by atoms with van der Waals surface area (Å²) in [6.45, 7) is 4.53. The molecular formula is C40H51ClN8O4. The van der Waals surface area contributed by atoms with Gasteiger partial charge in [0.2, 0.25) is 5.91 Å². The molecule has 1 fully saturated rings. The first-order valence-corrected chi connectivity index (χ1v) is 18.6. The maximum absolute atomic E-state index is 13.3. The number of carbonyl (C=O) groups is 2. The first-order chi connectivity index (χ1) is 25.6. The van der Waals surface area contributed by atoms with Gasteiger partial charge in [-0.2, -0.15) is 0 Å². The van der Waals surface area contributed by atoms with Crippen LogP contribution in [0.2, 0.25) is 5.02 Å². The van der Waals surface area contributed by atoms with E-state index in [1.54, 1.807) is 36.5 Å². The summed E-state index contributed by atoms with van der Waals surface area (Å²) >= 11 is 5.85. The Morgan fingerprint density at radius 3 is 2.57 bits per heavy atom. The van der Waals surface area contributed by atoms with Crippen molar-refractivity contribution in [2.75, 3.05) is 59.2 Å². The Bertz CT molecular complexity index is 2010. The van der Waals surface area contributed by atoms with Crippen molar-refractivity contribution in [1.82, 2.24) is 34.6 Å². The lowest BCUT2D eigenvalue weighted by atomic mass is 9.89. The molecular weight excluding hydrogens is 692 g/mol. The minimum Gasteiger partial charge on any atom is -0.388 e. The molecule has 1 aliphatic rings. The summed E-state index contributed by atoms with van der Waals surface area (Å²) in [4.78, 5) is 51.6. The lowest BCUT2D eigenvalue weighted by Gasteiger charge is -2.39. The van der Waals surface area contributed by atoms with Crippen LogP contribution in [0.15, 0.2) is 78.0 Å². The van der Waals surface area contributed by atoms with Crippen LogP contribution in [-0.2, 0) is 17.8 Å². The van der Waals surface area contributed by atoms with E-state index < -0.39 is 5.60 Å². The van der Waals surface area contributed by atoms with Gasteiger partial charge in [-0.15, -0.1) is 0 Å². The molecule has 0 bridgehead atoms. The highest BCUT2D eigenvalue weighted by molar-refractivity contribution is 6.35. The minimum atomic E-state index is -0.947. The Balaban J connectivity index is 0.000000378. The summed E-state index contributed by atoms with van der Waals surface area (Å²) in [6, 6.07) is 19.2. The number of benzene rings is 2. The van der Waals surface area contributed by atoms with E-state index >= 15 is 0 Å². The molecule has 0 saturated carbocycles. The van der Waals surface area contributed by atoms with E-state index in [4.69, 9.17) is 11.6 Å². The van der Waals surface area contributed by atoms with Gasteiger partial charge in [-0.05, 0) is 102 Å². The quantitative estimate of drug-likeness (QED) is 0.0860. The lowest BCUT2D eigenvalue weighted by molar-refractivity contribution is -0.116.